The van der Waals surface area contributed by atoms with Gasteiger partial charge in [0.2, 0.25) is 0 Å². The van der Waals surface area contributed by atoms with Gasteiger partial charge >= 0.3 is 5.97 Å². The van der Waals surface area contributed by atoms with Crippen LogP contribution < -0.4 is 0 Å². The summed E-state index contributed by atoms with van der Waals surface area (Å²) in [5.74, 6) is 4.09. The van der Waals surface area contributed by atoms with Gasteiger partial charge in [0.15, 0.2) is 0 Å². The fraction of sp³-hybridized carbons (Fsp3) is 0.812. The van der Waals surface area contributed by atoms with E-state index in [1.165, 1.54) is 19.3 Å². The molecule has 1 aliphatic heterocycles. The highest BCUT2D eigenvalue weighted by atomic mass is 16.6. The van der Waals surface area contributed by atoms with Gasteiger partial charge in [-0.05, 0) is 62.2 Å². The van der Waals surface area contributed by atoms with Gasteiger partial charge in [0.25, 0.3) is 0 Å². The molecule has 3 aliphatic carbocycles. The van der Waals surface area contributed by atoms with Crippen molar-refractivity contribution in [3.05, 3.63) is 12.2 Å². The van der Waals surface area contributed by atoms with Gasteiger partial charge in [-0.15, -0.1) is 0 Å². The maximum atomic E-state index is 11.4. The van der Waals surface area contributed by atoms with E-state index >= 15 is 0 Å². The van der Waals surface area contributed by atoms with Crippen LogP contribution in [0.4, 0.5) is 0 Å². The van der Waals surface area contributed by atoms with Crippen LogP contribution in [-0.4, -0.2) is 24.8 Å². The molecule has 0 spiro atoms. The van der Waals surface area contributed by atoms with Gasteiger partial charge in [0, 0.05) is 7.00 Å². The Morgan fingerprint density at radius 2 is 2.21 bits per heavy atom. The highest BCUT2D eigenvalue weighted by Gasteiger charge is 2.66. The van der Waals surface area contributed by atoms with Gasteiger partial charge in [-0.25, -0.2) is 4.79 Å². The lowest BCUT2D eigenvalue weighted by molar-refractivity contribution is -0.139. The number of esters is 1. The molecule has 0 amide bonds. The van der Waals surface area contributed by atoms with Gasteiger partial charge in [-0.1, -0.05) is 6.58 Å². The molecular formula is C16H24O3. The van der Waals surface area contributed by atoms with Crippen molar-refractivity contribution in [3.63, 3.8) is 0 Å². The molecular weight excluding hydrogens is 240 g/mol. The normalized spacial score (nSPS) is 48.8. The molecule has 3 nitrogen and oxygen atoms in total. The summed E-state index contributed by atoms with van der Waals surface area (Å²) in [6.07, 6.45) is 6.33. The van der Waals surface area contributed by atoms with Crippen LogP contribution >= 0.6 is 0 Å². The zero-order valence-corrected chi connectivity index (χ0v) is 11.5. The lowest BCUT2D eigenvalue weighted by atomic mass is 9.74. The summed E-state index contributed by atoms with van der Waals surface area (Å²) in [6, 6.07) is 0. The average molecular weight is 264 g/mol. The van der Waals surface area contributed by atoms with E-state index in [1.807, 2.05) is 0 Å². The molecule has 1 heterocycles. The predicted molar refractivity (Wildman–Crippen MR) is 72.5 cm³/mol. The molecule has 0 aromatic heterocycles. The van der Waals surface area contributed by atoms with Crippen molar-refractivity contribution in [2.75, 3.05) is 6.61 Å². The first-order valence-corrected chi connectivity index (χ1v) is 7.63. The maximum Gasteiger partial charge on any atom is 0.333 e. The van der Waals surface area contributed by atoms with Crippen molar-refractivity contribution >= 4 is 5.97 Å². The summed E-state index contributed by atoms with van der Waals surface area (Å²) >= 11 is 0. The highest BCUT2D eigenvalue weighted by Crippen LogP contribution is 2.66. The molecule has 4 aliphatic rings. The summed E-state index contributed by atoms with van der Waals surface area (Å²) in [6.45, 7) is 5.87. The second-order valence-electron chi connectivity index (χ2n) is 6.98. The summed E-state index contributed by atoms with van der Waals surface area (Å²) in [5, 5.41) is 0. The Hall–Kier alpha value is -0.830. The Balaban J connectivity index is 0.00000121. The summed E-state index contributed by atoms with van der Waals surface area (Å²) in [7, 11) is 0. The molecule has 0 aromatic carbocycles. The van der Waals surface area contributed by atoms with Crippen LogP contribution in [0, 0.1) is 29.6 Å². The van der Waals surface area contributed by atoms with E-state index in [1.54, 1.807) is 6.92 Å². The summed E-state index contributed by atoms with van der Waals surface area (Å²) in [5.41, 5.74) is 0.498. The number of hydrogen-bond donors (Lipinski definition) is 0. The minimum atomic E-state index is -0.243. The molecule has 0 N–H and O–H groups in total. The monoisotopic (exact) mass is 264 g/mol. The Bertz CT molecular complexity index is 435. The van der Waals surface area contributed by atoms with Crippen LogP contribution in [0.15, 0.2) is 12.2 Å². The van der Waals surface area contributed by atoms with Crippen molar-refractivity contribution in [2.24, 2.45) is 29.6 Å². The molecule has 7 atom stereocenters. The predicted octanol–water partition coefficient (Wildman–Crippen LogP) is 2.80. The summed E-state index contributed by atoms with van der Waals surface area (Å²) < 4.78 is 11.0. The quantitative estimate of drug-likeness (QED) is 0.445. The molecule has 19 heavy (non-hydrogen) atoms. The van der Waals surface area contributed by atoms with Crippen molar-refractivity contribution in [3.8, 4) is 0 Å². The lowest BCUT2D eigenvalue weighted by Crippen LogP contribution is -2.29. The van der Waals surface area contributed by atoms with Crippen LogP contribution in [0.25, 0.3) is 0 Å². The van der Waals surface area contributed by atoms with Gasteiger partial charge < -0.3 is 9.47 Å². The van der Waals surface area contributed by atoms with Gasteiger partial charge in [-0.3, -0.25) is 0 Å². The molecule has 0 radical (unpaired) electrons. The number of fused-ring (bicyclic) bond motifs is 7. The Morgan fingerprint density at radius 1 is 1.37 bits per heavy atom. The third kappa shape index (κ3) is 1.78. The number of epoxide rings is 1. The molecule has 3 heteroatoms. The smallest absolute Gasteiger partial charge is 0.333 e. The lowest BCUT2D eigenvalue weighted by Gasteiger charge is -2.32. The second kappa shape index (κ2) is 4.08. The molecule has 0 aromatic rings. The minimum absolute atomic E-state index is 0. The van der Waals surface area contributed by atoms with E-state index in [4.69, 9.17) is 9.47 Å². The van der Waals surface area contributed by atoms with E-state index in [2.05, 4.69) is 6.58 Å². The van der Waals surface area contributed by atoms with Crippen LogP contribution in [0.2, 0.25) is 0 Å². The number of ether oxygens (including phenoxy) is 2. The van der Waals surface area contributed by atoms with E-state index in [0.29, 0.717) is 24.4 Å². The fourth-order valence-corrected chi connectivity index (χ4v) is 5.20. The molecule has 7 unspecified atom stereocenters. The third-order valence-electron chi connectivity index (χ3n) is 5.96. The van der Waals surface area contributed by atoms with Crippen molar-refractivity contribution in [1.29, 1.82) is 0 Å². The standard InChI is InChI=1S/C16H22O3.H2/c1-8(2)16(17)18-4-3-9-5-10-6-11(9)14-12(10)7-13-15(14)19-13;/h9-15H,1,3-7H2,2H3;1H. The van der Waals surface area contributed by atoms with Crippen LogP contribution in [0.1, 0.15) is 34.0 Å². The number of carbonyl (C=O) groups is 1. The van der Waals surface area contributed by atoms with Crippen molar-refractivity contribution in [1.82, 2.24) is 0 Å². The molecule has 2 bridgehead atoms. The highest BCUT2D eigenvalue weighted by molar-refractivity contribution is 5.86. The zero-order valence-electron chi connectivity index (χ0n) is 11.5. The Morgan fingerprint density at radius 3 is 3.00 bits per heavy atom. The molecule has 4 rings (SSSR count). The fourth-order valence-electron chi connectivity index (χ4n) is 5.20. The topological polar surface area (TPSA) is 38.8 Å². The molecule has 4 fully saturated rings. The number of rotatable bonds is 4. The zero-order chi connectivity index (χ0) is 13.1. The van der Waals surface area contributed by atoms with Gasteiger partial charge in [-0.2, -0.15) is 0 Å². The largest absolute Gasteiger partial charge is 0.462 e. The van der Waals surface area contributed by atoms with Crippen LogP contribution in [0.3, 0.4) is 0 Å². The minimum Gasteiger partial charge on any atom is -0.462 e. The second-order valence-corrected chi connectivity index (χ2v) is 6.98. The Labute approximate surface area is 115 Å². The van der Waals surface area contributed by atoms with E-state index in [9.17, 15) is 4.79 Å². The van der Waals surface area contributed by atoms with Crippen molar-refractivity contribution in [2.45, 2.75) is 44.8 Å². The first kappa shape index (κ1) is 12.0. The molecule has 1 saturated heterocycles. The van der Waals surface area contributed by atoms with Gasteiger partial charge in [0.05, 0.1) is 18.8 Å². The van der Waals surface area contributed by atoms with Crippen LogP contribution in [0.5, 0.6) is 0 Å². The Kier molecular flexibility index (Phi) is 2.57. The SMILES string of the molecule is C=C(C)C(=O)OCCC1CC2CC1C1C2CC2OC21.[HH]. The molecule has 106 valence electrons. The van der Waals surface area contributed by atoms with E-state index < -0.39 is 0 Å². The first-order valence-electron chi connectivity index (χ1n) is 7.63. The third-order valence-corrected chi connectivity index (χ3v) is 5.96. The van der Waals surface area contributed by atoms with Gasteiger partial charge in [0.1, 0.15) is 0 Å². The number of carbonyl (C=O) groups excluding carboxylic acids is 1. The summed E-state index contributed by atoms with van der Waals surface area (Å²) in [4.78, 5) is 11.4. The molecule has 3 saturated carbocycles. The van der Waals surface area contributed by atoms with E-state index in [0.717, 1.165) is 36.0 Å². The van der Waals surface area contributed by atoms with Crippen molar-refractivity contribution < 1.29 is 15.7 Å². The van der Waals surface area contributed by atoms with E-state index in [-0.39, 0.29) is 7.40 Å². The average Bonchev–Trinajstić information content (AvgIpc) is 2.75. The number of hydrogen-bond acceptors (Lipinski definition) is 3. The van der Waals surface area contributed by atoms with Crippen LogP contribution in [-0.2, 0) is 14.3 Å². The maximum absolute atomic E-state index is 11.4. The first-order chi connectivity index (χ1) is 9.15.